The number of carbonyl (C=O) groups is 3. The predicted molar refractivity (Wildman–Crippen MR) is 145 cm³/mol. The second kappa shape index (κ2) is 11.6. The third-order valence-electron chi connectivity index (χ3n) is 6.46. The molecule has 0 unspecified atom stereocenters. The Hall–Kier alpha value is -3.96. The molecular weight excluding hydrogens is 506 g/mol. The van der Waals surface area contributed by atoms with Gasteiger partial charge in [-0.2, -0.15) is 4.37 Å². The predicted octanol–water partition coefficient (Wildman–Crippen LogP) is 3.34. The van der Waals surface area contributed by atoms with Crippen molar-refractivity contribution in [1.82, 2.24) is 9.69 Å². The molecule has 0 aliphatic carbocycles. The lowest BCUT2D eigenvalue weighted by molar-refractivity contribution is -0.123. The summed E-state index contributed by atoms with van der Waals surface area (Å²) in [6.07, 6.45) is 1.64. The van der Waals surface area contributed by atoms with Gasteiger partial charge in [0.25, 0.3) is 11.8 Å². The van der Waals surface area contributed by atoms with Gasteiger partial charge in [0.1, 0.15) is 16.7 Å². The van der Waals surface area contributed by atoms with E-state index in [4.69, 9.17) is 16.2 Å². The molecule has 6 N–H and O–H groups in total. The van der Waals surface area contributed by atoms with E-state index in [0.29, 0.717) is 17.9 Å². The summed E-state index contributed by atoms with van der Waals surface area (Å²) in [5.41, 5.74) is 13.1. The standard InChI is InChI=1S/C27H31N5O5S/c1-15(2)16-5-9-18(10-6-16)32(27(36)24-21(28)22(25(29)34)31-38-24)23(17-7-11-19(33)12-8-17)26(35)30-14-20-4-3-13-37-20/h5-12,15,20,23,33H,3-4,13-14,28H2,1-2H3,(H2,29,34)(H,30,35)/t20-,23-/m0/s1. The molecule has 3 aromatic rings. The highest BCUT2D eigenvalue weighted by atomic mass is 32.1. The highest BCUT2D eigenvalue weighted by molar-refractivity contribution is 7.09. The van der Waals surface area contributed by atoms with E-state index >= 15 is 0 Å². The highest BCUT2D eigenvalue weighted by Gasteiger charge is 2.36. The topological polar surface area (TPSA) is 161 Å². The van der Waals surface area contributed by atoms with Crippen molar-refractivity contribution in [3.8, 4) is 5.75 Å². The maximum absolute atomic E-state index is 14.1. The summed E-state index contributed by atoms with van der Waals surface area (Å²) in [5, 5.41) is 12.8. The lowest BCUT2D eigenvalue weighted by Crippen LogP contribution is -2.45. The minimum absolute atomic E-state index is 0.0116. The summed E-state index contributed by atoms with van der Waals surface area (Å²) in [6.45, 7) is 5.04. The second-order valence-electron chi connectivity index (χ2n) is 9.43. The number of aromatic nitrogens is 1. The normalized spacial score (nSPS) is 15.8. The van der Waals surface area contributed by atoms with Gasteiger partial charge >= 0.3 is 0 Å². The van der Waals surface area contributed by atoms with Crippen molar-refractivity contribution in [3.63, 3.8) is 0 Å². The summed E-state index contributed by atoms with van der Waals surface area (Å²) in [7, 11) is 0. The maximum atomic E-state index is 14.1. The molecule has 1 aliphatic heterocycles. The van der Waals surface area contributed by atoms with Gasteiger partial charge in [-0.05, 0) is 65.7 Å². The van der Waals surface area contributed by atoms with E-state index in [-0.39, 0.29) is 40.6 Å². The number of phenols is 1. The van der Waals surface area contributed by atoms with E-state index in [1.54, 1.807) is 24.3 Å². The number of nitrogens with two attached hydrogens (primary N) is 2. The first-order chi connectivity index (χ1) is 18.2. The Balaban J connectivity index is 1.81. The van der Waals surface area contributed by atoms with Crippen molar-refractivity contribution in [2.75, 3.05) is 23.8 Å². The molecule has 0 spiro atoms. The summed E-state index contributed by atoms with van der Waals surface area (Å²) in [6, 6.07) is 12.2. The van der Waals surface area contributed by atoms with Crippen LogP contribution in [-0.4, -0.2) is 46.5 Å². The van der Waals surface area contributed by atoms with Gasteiger partial charge in [0.2, 0.25) is 5.91 Å². The molecule has 2 aromatic carbocycles. The lowest BCUT2D eigenvalue weighted by atomic mass is 10.00. The first kappa shape index (κ1) is 27.1. The van der Waals surface area contributed by atoms with Crippen molar-refractivity contribution in [2.45, 2.75) is 44.8 Å². The largest absolute Gasteiger partial charge is 0.508 e. The van der Waals surface area contributed by atoms with Gasteiger partial charge in [-0.25, -0.2) is 0 Å². The molecule has 1 saturated heterocycles. The molecule has 2 atom stereocenters. The first-order valence-corrected chi connectivity index (χ1v) is 13.1. The molecule has 11 heteroatoms. The zero-order chi connectivity index (χ0) is 27.4. The Morgan fingerprint density at radius 1 is 1.13 bits per heavy atom. The number of phenolic OH excluding ortho intramolecular Hbond substituents is 1. The minimum Gasteiger partial charge on any atom is -0.508 e. The van der Waals surface area contributed by atoms with Crippen molar-refractivity contribution >= 4 is 40.6 Å². The van der Waals surface area contributed by atoms with Crippen LogP contribution in [0.2, 0.25) is 0 Å². The zero-order valence-electron chi connectivity index (χ0n) is 21.2. The molecule has 38 heavy (non-hydrogen) atoms. The zero-order valence-corrected chi connectivity index (χ0v) is 22.0. The molecule has 200 valence electrons. The monoisotopic (exact) mass is 537 g/mol. The third-order valence-corrected chi connectivity index (χ3v) is 7.31. The summed E-state index contributed by atoms with van der Waals surface area (Å²) in [5.74, 6) is -1.63. The van der Waals surface area contributed by atoms with Crippen LogP contribution in [0.15, 0.2) is 48.5 Å². The molecule has 0 radical (unpaired) electrons. The molecule has 4 rings (SSSR count). The van der Waals surface area contributed by atoms with Crippen LogP contribution >= 0.6 is 11.5 Å². The van der Waals surface area contributed by atoms with Crippen LogP contribution < -0.4 is 21.7 Å². The number of ether oxygens (including phenoxy) is 1. The number of primary amides is 1. The van der Waals surface area contributed by atoms with E-state index < -0.39 is 23.8 Å². The molecule has 1 fully saturated rings. The Morgan fingerprint density at radius 3 is 2.34 bits per heavy atom. The number of nitrogens with zero attached hydrogens (tertiary/aromatic N) is 2. The number of amides is 3. The molecule has 0 bridgehead atoms. The van der Waals surface area contributed by atoms with Gasteiger partial charge < -0.3 is 26.6 Å². The number of hydrogen-bond donors (Lipinski definition) is 4. The Labute approximate surface area is 224 Å². The number of anilines is 2. The highest BCUT2D eigenvalue weighted by Crippen LogP contribution is 2.34. The Morgan fingerprint density at radius 2 is 1.79 bits per heavy atom. The number of rotatable bonds is 9. The molecule has 2 heterocycles. The first-order valence-electron chi connectivity index (χ1n) is 12.3. The molecule has 1 aliphatic rings. The average Bonchev–Trinajstić information content (AvgIpc) is 3.56. The van der Waals surface area contributed by atoms with Crippen molar-refractivity contribution in [2.24, 2.45) is 5.73 Å². The molecule has 0 saturated carbocycles. The van der Waals surface area contributed by atoms with Crippen molar-refractivity contribution in [3.05, 3.63) is 70.2 Å². The van der Waals surface area contributed by atoms with Crippen LogP contribution in [0.1, 0.15) is 69.9 Å². The van der Waals surface area contributed by atoms with Gasteiger partial charge in [-0.3, -0.25) is 19.3 Å². The summed E-state index contributed by atoms with van der Waals surface area (Å²) < 4.78 is 9.62. The molecule has 10 nitrogen and oxygen atoms in total. The number of benzene rings is 2. The van der Waals surface area contributed by atoms with E-state index in [2.05, 4.69) is 23.5 Å². The molecule has 3 amide bonds. The second-order valence-corrected chi connectivity index (χ2v) is 10.2. The van der Waals surface area contributed by atoms with E-state index in [9.17, 15) is 19.5 Å². The van der Waals surface area contributed by atoms with Crippen LogP contribution in [0.4, 0.5) is 11.4 Å². The van der Waals surface area contributed by atoms with Gasteiger partial charge in [-0.15, -0.1) is 0 Å². The number of hydrogen-bond acceptors (Lipinski definition) is 8. The van der Waals surface area contributed by atoms with Crippen molar-refractivity contribution in [1.29, 1.82) is 0 Å². The number of carbonyl (C=O) groups excluding carboxylic acids is 3. The lowest BCUT2D eigenvalue weighted by Gasteiger charge is -2.32. The van der Waals surface area contributed by atoms with Gasteiger partial charge in [0, 0.05) is 18.8 Å². The van der Waals surface area contributed by atoms with E-state index in [0.717, 1.165) is 29.9 Å². The smallest absolute Gasteiger partial charge is 0.273 e. The molecular formula is C27H31N5O5S. The fourth-order valence-electron chi connectivity index (χ4n) is 4.33. The summed E-state index contributed by atoms with van der Waals surface area (Å²) in [4.78, 5) is 40.9. The van der Waals surface area contributed by atoms with E-state index in [1.165, 1.54) is 17.0 Å². The van der Waals surface area contributed by atoms with Crippen LogP contribution in [0.5, 0.6) is 5.75 Å². The molecule has 1 aromatic heterocycles. The number of aromatic hydroxyl groups is 1. The average molecular weight is 538 g/mol. The third kappa shape index (κ3) is 5.79. The minimum atomic E-state index is -1.13. The van der Waals surface area contributed by atoms with Crippen LogP contribution in [0.25, 0.3) is 0 Å². The number of nitrogens with one attached hydrogen (secondary N) is 1. The number of nitrogen functional groups attached to an aromatic ring is 1. The van der Waals surface area contributed by atoms with Crippen LogP contribution in [0.3, 0.4) is 0 Å². The SMILES string of the molecule is CC(C)c1ccc(N(C(=O)c2snc(C(N)=O)c2N)[C@H](C(=O)NC[C@@H]2CCCO2)c2ccc(O)cc2)cc1. The Kier molecular flexibility index (Phi) is 8.28. The fourth-order valence-corrected chi connectivity index (χ4v) is 5.08. The Bertz CT molecular complexity index is 1300. The van der Waals surface area contributed by atoms with E-state index in [1.807, 2.05) is 12.1 Å². The fraction of sp³-hybridized carbons (Fsp3) is 0.333. The van der Waals surface area contributed by atoms with Crippen LogP contribution in [-0.2, 0) is 9.53 Å². The van der Waals surface area contributed by atoms with Crippen molar-refractivity contribution < 1.29 is 24.2 Å². The quantitative estimate of drug-likeness (QED) is 0.325. The van der Waals surface area contributed by atoms with Gasteiger partial charge in [0.05, 0.1) is 11.8 Å². The van der Waals surface area contributed by atoms with Crippen LogP contribution in [0, 0.1) is 0 Å². The maximum Gasteiger partial charge on any atom is 0.273 e. The summed E-state index contributed by atoms with van der Waals surface area (Å²) >= 11 is 0.745. The van der Waals surface area contributed by atoms with Gasteiger partial charge in [-0.1, -0.05) is 38.1 Å². The van der Waals surface area contributed by atoms with Gasteiger partial charge in [0.15, 0.2) is 5.69 Å².